The molecule has 1 unspecified atom stereocenters. The second-order valence-electron chi connectivity index (χ2n) is 4.15. The first-order valence-electron chi connectivity index (χ1n) is 5.82. The van der Waals surface area contributed by atoms with Crippen molar-refractivity contribution in [2.75, 3.05) is 37.8 Å². The number of rotatable bonds is 11. The molecular weight excluding hydrogens is 222 g/mol. The average Bonchev–Trinajstić information content (AvgIpc) is 2.22. The van der Waals surface area contributed by atoms with Gasteiger partial charge in [-0.2, -0.15) is 11.8 Å². The third-order valence-electron chi connectivity index (χ3n) is 1.80. The molecule has 16 heavy (non-hydrogen) atoms. The van der Waals surface area contributed by atoms with Gasteiger partial charge in [-0.15, -0.1) is 6.58 Å². The van der Waals surface area contributed by atoms with Gasteiger partial charge in [0.25, 0.3) is 0 Å². The molecule has 0 aromatic rings. The van der Waals surface area contributed by atoms with Crippen molar-refractivity contribution >= 4 is 11.8 Å². The van der Waals surface area contributed by atoms with Crippen LogP contribution in [0.25, 0.3) is 0 Å². The Morgan fingerprint density at radius 1 is 1.44 bits per heavy atom. The molecule has 3 nitrogen and oxygen atoms in total. The second kappa shape index (κ2) is 11.5. The van der Waals surface area contributed by atoms with Gasteiger partial charge < -0.3 is 15.2 Å². The van der Waals surface area contributed by atoms with E-state index in [0.717, 1.165) is 18.1 Å². The zero-order valence-corrected chi connectivity index (χ0v) is 11.3. The van der Waals surface area contributed by atoms with Gasteiger partial charge in [-0.1, -0.05) is 19.9 Å². The third kappa shape index (κ3) is 12.0. The summed E-state index contributed by atoms with van der Waals surface area (Å²) in [6.07, 6.45) is 1.50. The zero-order chi connectivity index (χ0) is 12.2. The maximum absolute atomic E-state index is 9.55. The number of aliphatic hydroxyl groups excluding tert-OH is 1. The zero-order valence-electron chi connectivity index (χ0n) is 10.4. The fourth-order valence-corrected chi connectivity index (χ4v) is 1.70. The Balaban J connectivity index is 3.17. The largest absolute Gasteiger partial charge is 0.389 e. The summed E-state index contributed by atoms with van der Waals surface area (Å²) in [4.78, 5) is 0. The van der Waals surface area contributed by atoms with Crippen LogP contribution in [0.2, 0.25) is 0 Å². The van der Waals surface area contributed by atoms with Gasteiger partial charge in [-0.05, 0) is 5.92 Å². The summed E-state index contributed by atoms with van der Waals surface area (Å²) < 4.78 is 5.34. The van der Waals surface area contributed by atoms with Gasteiger partial charge >= 0.3 is 0 Å². The minimum absolute atomic E-state index is 0.400. The van der Waals surface area contributed by atoms with Gasteiger partial charge in [0.15, 0.2) is 0 Å². The average molecular weight is 247 g/mol. The highest BCUT2D eigenvalue weighted by atomic mass is 32.2. The molecule has 2 N–H and O–H groups in total. The second-order valence-corrected chi connectivity index (χ2v) is 5.30. The normalized spacial score (nSPS) is 13.0. The van der Waals surface area contributed by atoms with Gasteiger partial charge in [0.05, 0.1) is 12.7 Å². The van der Waals surface area contributed by atoms with Crippen molar-refractivity contribution in [3.63, 3.8) is 0 Å². The molecule has 0 spiro atoms. The first kappa shape index (κ1) is 16.0. The number of ether oxygens (including phenoxy) is 1. The summed E-state index contributed by atoms with van der Waals surface area (Å²) in [5, 5.41) is 12.8. The summed E-state index contributed by atoms with van der Waals surface area (Å²) in [5.74, 6) is 2.56. The number of hydrogen-bond acceptors (Lipinski definition) is 4. The van der Waals surface area contributed by atoms with Gasteiger partial charge in [0, 0.05) is 31.2 Å². The van der Waals surface area contributed by atoms with Crippen molar-refractivity contribution in [1.82, 2.24) is 5.32 Å². The highest BCUT2D eigenvalue weighted by Gasteiger charge is 2.03. The van der Waals surface area contributed by atoms with Crippen LogP contribution >= 0.6 is 11.8 Å². The van der Waals surface area contributed by atoms with Gasteiger partial charge in [-0.3, -0.25) is 0 Å². The van der Waals surface area contributed by atoms with Crippen LogP contribution in [0.4, 0.5) is 0 Å². The predicted octanol–water partition coefficient (Wildman–Crippen LogP) is 1.53. The van der Waals surface area contributed by atoms with Crippen LogP contribution in [0.1, 0.15) is 13.8 Å². The first-order valence-corrected chi connectivity index (χ1v) is 6.97. The lowest BCUT2D eigenvalue weighted by Gasteiger charge is -2.13. The van der Waals surface area contributed by atoms with E-state index in [4.69, 9.17) is 4.74 Å². The van der Waals surface area contributed by atoms with Gasteiger partial charge in [0.1, 0.15) is 0 Å². The smallest absolute Gasteiger partial charge is 0.0897 e. The quantitative estimate of drug-likeness (QED) is 0.429. The Morgan fingerprint density at radius 3 is 2.81 bits per heavy atom. The molecule has 4 heteroatoms. The van der Waals surface area contributed by atoms with Crippen molar-refractivity contribution in [1.29, 1.82) is 0 Å². The maximum Gasteiger partial charge on any atom is 0.0897 e. The van der Waals surface area contributed by atoms with E-state index in [2.05, 4.69) is 25.7 Å². The molecule has 0 aliphatic carbocycles. The van der Waals surface area contributed by atoms with Crippen LogP contribution in [0, 0.1) is 5.92 Å². The van der Waals surface area contributed by atoms with E-state index >= 15 is 0 Å². The number of thioether (sulfide) groups is 1. The SMILES string of the molecule is C=CCSCCNCC(O)COCC(C)C. The van der Waals surface area contributed by atoms with E-state index in [-0.39, 0.29) is 0 Å². The van der Waals surface area contributed by atoms with Crippen LogP contribution in [0.5, 0.6) is 0 Å². The van der Waals surface area contributed by atoms with Crippen LogP contribution in [-0.4, -0.2) is 49.0 Å². The minimum atomic E-state index is -0.400. The van der Waals surface area contributed by atoms with Crippen LogP contribution < -0.4 is 5.32 Å². The summed E-state index contributed by atoms with van der Waals surface area (Å²) in [6, 6.07) is 0. The third-order valence-corrected chi connectivity index (χ3v) is 2.76. The monoisotopic (exact) mass is 247 g/mol. The molecule has 0 radical (unpaired) electrons. The number of aliphatic hydroxyl groups is 1. The summed E-state index contributed by atoms with van der Waals surface area (Å²) in [5.41, 5.74) is 0. The fourth-order valence-electron chi connectivity index (χ4n) is 1.08. The van der Waals surface area contributed by atoms with Gasteiger partial charge in [0.2, 0.25) is 0 Å². The molecule has 0 aromatic carbocycles. The lowest BCUT2D eigenvalue weighted by atomic mass is 10.2. The Bertz CT molecular complexity index is 165. The summed E-state index contributed by atoms with van der Waals surface area (Å²) in [6.45, 7) is 10.5. The van der Waals surface area contributed by atoms with Crippen LogP contribution in [0.15, 0.2) is 12.7 Å². The lowest BCUT2D eigenvalue weighted by molar-refractivity contribution is 0.0264. The standard InChI is InChI=1S/C12H25NO2S/c1-4-6-16-7-5-13-8-12(14)10-15-9-11(2)3/h4,11-14H,1,5-10H2,2-3H3. The molecule has 0 bridgehead atoms. The van der Waals surface area contributed by atoms with Crippen molar-refractivity contribution in [3.8, 4) is 0 Å². The molecule has 0 heterocycles. The van der Waals surface area contributed by atoms with E-state index < -0.39 is 6.10 Å². The Hall–Kier alpha value is -0.0300. The maximum atomic E-state index is 9.55. The van der Waals surface area contributed by atoms with E-state index in [1.165, 1.54) is 0 Å². The number of nitrogens with one attached hydrogen (secondary N) is 1. The molecule has 0 rings (SSSR count). The Kier molecular flexibility index (Phi) is 11.4. The van der Waals surface area contributed by atoms with E-state index in [1.54, 1.807) is 0 Å². The molecule has 96 valence electrons. The van der Waals surface area contributed by atoms with Crippen molar-refractivity contribution < 1.29 is 9.84 Å². The molecule has 0 amide bonds. The highest BCUT2D eigenvalue weighted by molar-refractivity contribution is 7.99. The Labute approximate surface area is 104 Å². The Morgan fingerprint density at radius 2 is 2.19 bits per heavy atom. The molecule has 0 aromatic heterocycles. The molecule has 0 saturated heterocycles. The topological polar surface area (TPSA) is 41.5 Å². The summed E-state index contributed by atoms with van der Waals surface area (Å²) >= 11 is 1.83. The predicted molar refractivity (Wildman–Crippen MR) is 72.1 cm³/mol. The van der Waals surface area contributed by atoms with Crippen molar-refractivity contribution in [2.24, 2.45) is 5.92 Å². The first-order chi connectivity index (χ1) is 7.66. The van der Waals surface area contributed by atoms with Crippen LogP contribution in [-0.2, 0) is 4.74 Å². The molecule has 1 atom stereocenters. The molecule has 0 fully saturated rings. The van der Waals surface area contributed by atoms with Gasteiger partial charge in [-0.25, -0.2) is 0 Å². The van der Waals surface area contributed by atoms with Crippen molar-refractivity contribution in [3.05, 3.63) is 12.7 Å². The molecule has 0 aliphatic heterocycles. The number of hydrogen-bond donors (Lipinski definition) is 2. The van der Waals surface area contributed by atoms with Crippen LogP contribution in [0.3, 0.4) is 0 Å². The van der Waals surface area contributed by atoms with E-state index in [0.29, 0.717) is 25.7 Å². The van der Waals surface area contributed by atoms with Crippen molar-refractivity contribution in [2.45, 2.75) is 20.0 Å². The fraction of sp³-hybridized carbons (Fsp3) is 0.833. The van der Waals surface area contributed by atoms with E-state index in [1.807, 2.05) is 17.8 Å². The minimum Gasteiger partial charge on any atom is -0.389 e. The molecule has 0 saturated carbocycles. The molecule has 0 aliphatic rings. The summed E-state index contributed by atoms with van der Waals surface area (Å²) in [7, 11) is 0. The lowest BCUT2D eigenvalue weighted by Crippen LogP contribution is -2.32. The highest BCUT2D eigenvalue weighted by Crippen LogP contribution is 1.97. The van der Waals surface area contributed by atoms with E-state index in [9.17, 15) is 5.11 Å². The molecular formula is C12H25NO2S.